The van der Waals surface area contributed by atoms with Gasteiger partial charge in [-0.05, 0) is 11.1 Å². The van der Waals surface area contributed by atoms with Gasteiger partial charge in [-0.2, -0.15) is 0 Å². The molecule has 0 atom stereocenters. The number of rotatable bonds is 4. The van der Waals surface area contributed by atoms with Crippen LogP contribution in [0.2, 0.25) is 0 Å². The van der Waals surface area contributed by atoms with Gasteiger partial charge in [-0.3, -0.25) is 0 Å². The van der Waals surface area contributed by atoms with Gasteiger partial charge in [0.1, 0.15) is 0 Å². The molecule has 0 radical (unpaired) electrons. The highest BCUT2D eigenvalue weighted by molar-refractivity contribution is 5.91. The van der Waals surface area contributed by atoms with Gasteiger partial charge >= 0.3 is 5.97 Å². The fraction of sp³-hybridized carbons (Fsp3) is 0.0588. The molecule has 0 fully saturated rings. The number of nitrogens with zero attached hydrogens (tertiary/aromatic N) is 2. The SMILES string of the molecule is Nc1ncn(C(c2ccccc2)c2ccccc2)c1C(=O)O. The van der Waals surface area contributed by atoms with Crippen LogP contribution in [-0.2, 0) is 0 Å². The molecule has 0 aliphatic heterocycles. The first-order valence-electron chi connectivity index (χ1n) is 6.84. The van der Waals surface area contributed by atoms with E-state index in [1.54, 1.807) is 4.57 Å². The van der Waals surface area contributed by atoms with Crippen LogP contribution in [0.15, 0.2) is 67.0 Å². The van der Waals surface area contributed by atoms with Gasteiger partial charge < -0.3 is 15.4 Å². The molecule has 0 unspecified atom stereocenters. The number of hydrogen-bond donors (Lipinski definition) is 2. The highest BCUT2D eigenvalue weighted by atomic mass is 16.4. The Morgan fingerprint density at radius 3 is 1.95 bits per heavy atom. The minimum Gasteiger partial charge on any atom is -0.476 e. The summed E-state index contributed by atoms with van der Waals surface area (Å²) in [6, 6.07) is 19.1. The van der Waals surface area contributed by atoms with Gasteiger partial charge in [-0.25, -0.2) is 9.78 Å². The van der Waals surface area contributed by atoms with Crippen LogP contribution in [0.5, 0.6) is 0 Å². The molecule has 0 amide bonds. The molecular formula is C17H15N3O2. The van der Waals surface area contributed by atoms with E-state index in [0.717, 1.165) is 11.1 Å². The third-order valence-corrected chi connectivity index (χ3v) is 3.53. The summed E-state index contributed by atoms with van der Waals surface area (Å²) in [5.74, 6) is -1.07. The molecule has 5 heteroatoms. The lowest BCUT2D eigenvalue weighted by Crippen LogP contribution is -2.17. The van der Waals surface area contributed by atoms with Crippen molar-refractivity contribution >= 4 is 11.8 Å². The van der Waals surface area contributed by atoms with Crippen molar-refractivity contribution in [3.63, 3.8) is 0 Å². The van der Waals surface area contributed by atoms with Gasteiger partial charge in [0.25, 0.3) is 0 Å². The molecular weight excluding hydrogens is 278 g/mol. The molecule has 3 rings (SSSR count). The maximum atomic E-state index is 11.5. The number of aromatic nitrogens is 2. The summed E-state index contributed by atoms with van der Waals surface area (Å²) in [4.78, 5) is 15.5. The topological polar surface area (TPSA) is 81.1 Å². The molecule has 2 aromatic carbocycles. The van der Waals surface area contributed by atoms with Gasteiger partial charge in [0, 0.05) is 0 Å². The van der Waals surface area contributed by atoms with Crippen molar-refractivity contribution in [2.45, 2.75) is 6.04 Å². The molecule has 0 bridgehead atoms. The van der Waals surface area contributed by atoms with Crippen molar-refractivity contribution < 1.29 is 9.90 Å². The van der Waals surface area contributed by atoms with Crippen LogP contribution in [0, 0.1) is 0 Å². The Bertz CT molecular complexity index is 743. The average molecular weight is 293 g/mol. The first-order chi connectivity index (χ1) is 10.7. The molecule has 0 aliphatic carbocycles. The first kappa shape index (κ1) is 13.9. The Morgan fingerprint density at radius 2 is 1.50 bits per heavy atom. The van der Waals surface area contributed by atoms with Crippen LogP contribution in [-0.4, -0.2) is 20.6 Å². The molecule has 110 valence electrons. The van der Waals surface area contributed by atoms with E-state index in [0.29, 0.717) is 0 Å². The zero-order valence-corrected chi connectivity index (χ0v) is 11.8. The summed E-state index contributed by atoms with van der Waals surface area (Å²) < 4.78 is 1.60. The molecule has 0 spiro atoms. The van der Waals surface area contributed by atoms with Crippen LogP contribution < -0.4 is 5.73 Å². The Kier molecular flexibility index (Phi) is 3.62. The number of nitrogen functional groups attached to an aromatic ring is 1. The molecule has 3 N–H and O–H groups in total. The zero-order chi connectivity index (χ0) is 15.5. The van der Waals surface area contributed by atoms with Gasteiger partial charge in [0.15, 0.2) is 11.5 Å². The second kappa shape index (κ2) is 5.73. The number of hydrogen-bond acceptors (Lipinski definition) is 3. The lowest BCUT2D eigenvalue weighted by molar-refractivity contribution is 0.0686. The zero-order valence-electron chi connectivity index (χ0n) is 11.8. The third-order valence-electron chi connectivity index (χ3n) is 3.53. The lowest BCUT2D eigenvalue weighted by Gasteiger charge is -2.21. The number of carboxylic acid groups (broad SMARTS) is 1. The maximum absolute atomic E-state index is 11.5. The Hall–Kier alpha value is -3.08. The Morgan fingerprint density at radius 1 is 1.00 bits per heavy atom. The fourth-order valence-electron chi connectivity index (χ4n) is 2.58. The lowest BCUT2D eigenvalue weighted by atomic mass is 9.98. The highest BCUT2D eigenvalue weighted by Crippen LogP contribution is 2.29. The number of aromatic carboxylic acids is 1. The fourth-order valence-corrected chi connectivity index (χ4v) is 2.58. The summed E-state index contributed by atoms with van der Waals surface area (Å²) in [5.41, 5.74) is 7.65. The van der Waals surface area contributed by atoms with Gasteiger partial charge in [-0.15, -0.1) is 0 Å². The van der Waals surface area contributed by atoms with Crippen LogP contribution in [0.25, 0.3) is 0 Å². The minimum absolute atomic E-state index is 0.00212. The van der Waals surface area contributed by atoms with Crippen LogP contribution in [0.4, 0.5) is 5.82 Å². The van der Waals surface area contributed by atoms with Gasteiger partial charge in [-0.1, -0.05) is 60.7 Å². The van der Waals surface area contributed by atoms with Gasteiger partial charge in [0.2, 0.25) is 0 Å². The van der Waals surface area contributed by atoms with Crippen molar-refractivity contribution in [3.8, 4) is 0 Å². The number of imidazole rings is 1. The predicted octanol–water partition coefficient (Wildman–Crippen LogP) is 2.80. The minimum atomic E-state index is -1.09. The summed E-state index contributed by atoms with van der Waals surface area (Å²) >= 11 is 0. The largest absolute Gasteiger partial charge is 0.476 e. The van der Waals surface area contributed by atoms with Crippen molar-refractivity contribution in [1.82, 2.24) is 9.55 Å². The predicted molar refractivity (Wildman–Crippen MR) is 83.7 cm³/mol. The van der Waals surface area contributed by atoms with E-state index in [9.17, 15) is 9.90 Å². The van der Waals surface area contributed by atoms with E-state index < -0.39 is 5.97 Å². The standard InChI is InChI=1S/C17H15N3O2/c18-16-15(17(21)22)20(11-19-16)14(12-7-3-1-4-8-12)13-9-5-2-6-10-13/h1-11,14H,18H2,(H,21,22). The molecule has 22 heavy (non-hydrogen) atoms. The van der Waals surface area contributed by atoms with Crippen molar-refractivity contribution in [3.05, 3.63) is 83.8 Å². The summed E-state index contributed by atoms with van der Waals surface area (Å²) in [5, 5.41) is 9.44. The number of benzene rings is 2. The second-order valence-electron chi connectivity index (χ2n) is 4.91. The monoisotopic (exact) mass is 293 g/mol. The maximum Gasteiger partial charge on any atom is 0.356 e. The highest BCUT2D eigenvalue weighted by Gasteiger charge is 2.24. The van der Waals surface area contributed by atoms with E-state index in [1.807, 2.05) is 60.7 Å². The van der Waals surface area contributed by atoms with Crippen molar-refractivity contribution in [1.29, 1.82) is 0 Å². The van der Waals surface area contributed by atoms with E-state index in [-0.39, 0.29) is 17.6 Å². The number of nitrogens with two attached hydrogens (primary N) is 1. The smallest absolute Gasteiger partial charge is 0.356 e. The molecule has 1 aromatic heterocycles. The molecule has 0 saturated heterocycles. The molecule has 0 aliphatic rings. The van der Waals surface area contributed by atoms with E-state index >= 15 is 0 Å². The summed E-state index contributed by atoms with van der Waals surface area (Å²) in [6.07, 6.45) is 1.48. The quantitative estimate of drug-likeness (QED) is 0.775. The Labute approximate surface area is 127 Å². The molecule has 0 saturated carbocycles. The number of carbonyl (C=O) groups is 1. The molecule has 1 heterocycles. The van der Waals surface area contributed by atoms with Crippen LogP contribution in [0.1, 0.15) is 27.7 Å². The summed E-state index contributed by atoms with van der Waals surface area (Å²) in [6.45, 7) is 0. The first-order valence-corrected chi connectivity index (χ1v) is 6.84. The van der Waals surface area contributed by atoms with Gasteiger partial charge in [0.05, 0.1) is 12.4 Å². The van der Waals surface area contributed by atoms with Crippen molar-refractivity contribution in [2.75, 3.05) is 5.73 Å². The van der Waals surface area contributed by atoms with Crippen LogP contribution >= 0.6 is 0 Å². The number of anilines is 1. The van der Waals surface area contributed by atoms with E-state index in [4.69, 9.17) is 5.73 Å². The third kappa shape index (κ3) is 2.44. The summed E-state index contributed by atoms with van der Waals surface area (Å²) in [7, 11) is 0. The van der Waals surface area contributed by atoms with Crippen molar-refractivity contribution in [2.24, 2.45) is 0 Å². The Balaban J connectivity index is 2.21. The molecule has 3 aromatic rings. The molecule has 5 nitrogen and oxygen atoms in total. The van der Waals surface area contributed by atoms with E-state index in [1.165, 1.54) is 6.33 Å². The normalized spacial score (nSPS) is 10.8. The second-order valence-corrected chi connectivity index (χ2v) is 4.91. The van der Waals surface area contributed by atoms with E-state index in [2.05, 4.69) is 4.98 Å². The average Bonchev–Trinajstić information content (AvgIpc) is 2.91. The van der Waals surface area contributed by atoms with Crippen LogP contribution in [0.3, 0.4) is 0 Å². The number of carboxylic acids is 1.